The Hall–Kier alpha value is -3.65. The molecule has 3 aromatic heterocycles. The summed E-state index contributed by atoms with van der Waals surface area (Å²) >= 11 is 1.56. The zero-order valence-electron chi connectivity index (χ0n) is 15.4. The van der Waals surface area contributed by atoms with E-state index in [0.717, 1.165) is 21.8 Å². The van der Waals surface area contributed by atoms with Crippen molar-refractivity contribution < 1.29 is 14.0 Å². The maximum atomic E-state index is 5.99. The van der Waals surface area contributed by atoms with Crippen LogP contribution < -0.4 is 10.5 Å². The van der Waals surface area contributed by atoms with Gasteiger partial charge in [0.25, 0.3) is 0 Å². The van der Waals surface area contributed by atoms with Crippen LogP contribution in [-0.2, 0) is 18.1 Å². The minimum Gasteiger partial charge on any atom is -0.489 e. The van der Waals surface area contributed by atoms with Crippen LogP contribution in [0.2, 0.25) is 0 Å². The SMILES string of the molecule is N/C(=N\OCc1coc(-c2cccs2)n1)c1ccc(OCc2cccnc2)cc1. The number of nitrogens with zero attached hydrogens (tertiary/aromatic N) is 3. The molecule has 1 aromatic carbocycles. The molecule has 0 amide bonds. The smallest absolute Gasteiger partial charge is 0.236 e. The van der Waals surface area contributed by atoms with Crippen molar-refractivity contribution in [3.05, 3.63) is 89.4 Å². The molecule has 0 fully saturated rings. The molecule has 29 heavy (non-hydrogen) atoms. The molecule has 0 aliphatic rings. The first-order valence-corrected chi connectivity index (χ1v) is 9.72. The van der Waals surface area contributed by atoms with Gasteiger partial charge in [-0.05, 0) is 41.8 Å². The van der Waals surface area contributed by atoms with Gasteiger partial charge in [0.15, 0.2) is 12.4 Å². The van der Waals surface area contributed by atoms with E-state index in [1.54, 1.807) is 30.0 Å². The van der Waals surface area contributed by atoms with Gasteiger partial charge in [-0.1, -0.05) is 17.3 Å². The standard InChI is InChI=1S/C21H18N4O3S/c22-20(25-28-14-17-13-27-21(24-17)19-4-2-10-29-19)16-5-7-18(8-6-16)26-12-15-3-1-9-23-11-15/h1-11,13H,12,14H2,(H2,22,25). The van der Waals surface area contributed by atoms with Crippen molar-refractivity contribution in [3.8, 4) is 16.5 Å². The van der Waals surface area contributed by atoms with Crippen molar-refractivity contribution in [2.45, 2.75) is 13.2 Å². The van der Waals surface area contributed by atoms with Crippen molar-refractivity contribution in [3.63, 3.8) is 0 Å². The topological polar surface area (TPSA) is 95.8 Å². The molecule has 0 radical (unpaired) electrons. The molecule has 4 rings (SSSR count). The summed E-state index contributed by atoms with van der Waals surface area (Å²) in [5.74, 6) is 1.57. The highest BCUT2D eigenvalue weighted by Crippen LogP contribution is 2.23. The average Bonchev–Trinajstić information content (AvgIpc) is 3.45. The lowest BCUT2D eigenvalue weighted by Crippen LogP contribution is -2.13. The Kier molecular flexibility index (Phi) is 5.82. The monoisotopic (exact) mass is 406 g/mol. The average molecular weight is 406 g/mol. The van der Waals surface area contributed by atoms with Crippen LogP contribution in [0.5, 0.6) is 5.75 Å². The molecule has 146 valence electrons. The van der Waals surface area contributed by atoms with Gasteiger partial charge in [0, 0.05) is 23.5 Å². The van der Waals surface area contributed by atoms with Gasteiger partial charge in [-0.15, -0.1) is 11.3 Å². The van der Waals surface area contributed by atoms with E-state index in [4.69, 9.17) is 19.7 Å². The van der Waals surface area contributed by atoms with Gasteiger partial charge in [-0.3, -0.25) is 4.98 Å². The summed E-state index contributed by atoms with van der Waals surface area (Å²) < 4.78 is 11.2. The molecule has 2 N–H and O–H groups in total. The summed E-state index contributed by atoms with van der Waals surface area (Å²) in [4.78, 5) is 14.7. The first-order valence-electron chi connectivity index (χ1n) is 8.84. The summed E-state index contributed by atoms with van der Waals surface area (Å²) in [5, 5.41) is 5.92. The highest BCUT2D eigenvalue weighted by atomic mass is 32.1. The molecule has 0 atom stereocenters. The van der Waals surface area contributed by atoms with Crippen LogP contribution in [0.15, 0.2) is 82.1 Å². The van der Waals surface area contributed by atoms with E-state index in [2.05, 4.69) is 15.1 Å². The Labute approximate surface area is 171 Å². The van der Waals surface area contributed by atoms with E-state index in [9.17, 15) is 0 Å². The molecule has 0 saturated carbocycles. The van der Waals surface area contributed by atoms with E-state index in [1.807, 2.05) is 53.9 Å². The summed E-state index contributed by atoms with van der Waals surface area (Å²) in [7, 11) is 0. The number of ether oxygens (including phenoxy) is 1. The number of oxime groups is 1. The number of pyridine rings is 1. The van der Waals surface area contributed by atoms with Gasteiger partial charge >= 0.3 is 0 Å². The lowest BCUT2D eigenvalue weighted by molar-refractivity contribution is 0.127. The van der Waals surface area contributed by atoms with Gasteiger partial charge in [-0.25, -0.2) is 4.98 Å². The van der Waals surface area contributed by atoms with Crippen LogP contribution in [-0.4, -0.2) is 15.8 Å². The quantitative estimate of drug-likeness (QED) is 0.267. The highest BCUT2D eigenvalue weighted by molar-refractivity contribution is 7.13. The van der Waals surface area contributed by atoms with E-state index >= 15 is 0 Å². The van der Waals surface area contributed by atoms with Crippen LogP contribution in [0.4, 0.5) is 0 Å². The van der Waals surface area contributed by atoms with Gasteiger partial charge in [-0.2, -0.15) is 0 Å². The molecule has 0 spiro atoms. The Bertz CT molecular complexity index is 1060. The Balaban J connectivity index is 1.29. The number of hydrogen-bond donors (Lipinski definition) is 1. The van der Waals surface area contributed by atoms with Crippen molar-refractivity contribution >= 4 is 17.2 Å². The third kappa shape index (κ3) is 4.99. The van der Waals surface area contributed by atoms with Crippen LogP contribution >= 0.6 is 11.3 Å². The summed E-state index contributed by atoms with van der Waals surface area (Å²) in [6, 6.07) is 15.0. The maximum Gasteiger partial charge on any atom is 0.236 e. The lowest BCUT2D eigenvalue weighted by Gasteiger charge is -2.07. The Morgan fingerprint density at radius 2 is 2.00 bits per heavy atom. The van der Waals surface area contributed by atoms with Crippen molar-refractivity contribution in [2.24, 2.45) is 10.9 Å². The van der Waals surface area contributed by atoms with Gasteiger partial charge < -0.3 is 19.7 Å². The van der Waals surface area contributed by atoms with Crippen LogP contribution in [0.25, 0.3) is 10.8 Å². The third-order valence-electron chi connectivity index (χ3n) is 3.94. The van der Waals surface area contributed by atoms with E-state index in [0.29, 0.717) is 18.2 Å². The second kappa shape index (κ2) is 9.03. The fraction of sp³-hybridized carbons (Fsp3) is 0.0952. The summed E-state index contributed by atoms with van der Waals surface area (Å²) in [6.45, 7) is 0.618. The van der Waals surface area contributed by atoms with Gasteiger partial charge in [0.2, 0.25) is 5.89 Å². The van der Waals surface area contributed by atoms with Crippen molar-refractivity contribution in [1.82, 2.24) is 9.97 Å². The highest BCUT2D eigenvalue weighted by Gasteiger charge is 2.08. The maximum absolute atomic E-state index is 5.99. The van der Waals surface area contributed by atoms with Crippen LogP contribution in [0.3, 0.4) is 0 Å². The second-order valence-corrected chi connectivity index (χ2v) is 6.99. The van der Waals surface area contributed by atoms with Crippen molar-refractivity contribution in [1.29, 1.82) is 0 Å². The second-order valence-electron chi connectivity index (χ2n) is 6.05. The fourth-order valence-electron chi connectivity index (χ4n) is 2.48. The van der Waals surface area contributed by atoms with E-state index < -0.39 is 0 Å². The molecule has 0 aliphatic carbocycles. The predicted octanol–water partition coefficient (Wildman–Crippen LogP) is 4.21. The molecule has 7 nitrogen and oxygen atoms in total. The molecule has 0 unspecified atom stereocenters. The van der Waals surface area contributed by atoms with Gasteiger partial charge in [0.1, 0.15) is 24.3 Å². The molecule has 8 heteroatoms. The minimum absolute atomic E-state index is 0.169. The number of amidine groups is 1. The number of nitrogens with two attached hydrogens (primary N) is 1. The predicted molar refractivity (Wildman–Crippen MR) is 110 cm³/mol. The molecular weight excluding hydrogens is 388 g/mol. The molecule has 0 aliphatic heterocycles. The number of benzene rings is 1. The zero-order valence-corrected chi connectivity index (χ0v) is 16.2. The molecule has 4 aromatic rings. The zero-order chi connectivity index (χ0) is 19.9. The first kappa shape index (κ1) is 18.7. The number of hydrogen-bond acceptors (Lipinski definition) is 7. The van der Waals surface area contributed by atoms with Crippen molar-refractivity contribution in [2.75, 3.05) is 0 Å². The van der Waals surface area contributed by atoms with E-state index in [1.165, 1.54) is 0 Å². The minimum atomic E-state index is 0.169. The lowest BCUT2D eigenvalue weighted by atomic mass is 10.2. The number of thiophene rings is 1. The Morgan fingerprint density at radius 3 is 2.76 bits per heavy atom. The van der Waals surface area contributed by atoms with Crippen LogP contribution in [0.1, 0.15) is 16.8 Å². The Morgan fingerprint density at radius 1 is 1.10 bits per heavy atom. The largest absolute Gasteiger partial charge is 0.489 e. The normalized spacial score (nSPS) is 11.4. The number of rotatable bonds is 8. The first-order chi connectivity index (χ1) is 14.3. The molecular formula is C21H18N4O3S. The summed E-state index contributed by atoms with van der Waals surface area (Å²) in [5.41, 5.74) is 8.37. The summed E-state index contributed by atoms with van der Waals surface area (Å²) in [6.07, 6.45) is 5.05. The van der Waals surface area contributed by atoms with Gasteiger partial charge in [0.05, 0.1) is 4.88 Å². The molecule has 0 bridgehead atoms. The molecule has 0 saturated heterocycles. The van der Waals surface area contributed by atoms with Crippen LogP contribution in [0, 0.1) is 0 Å². The van der Waals surface area contributed by atoms with E-state index in [-0.39, 0.29) is 12.4 Å². The number of aromatic nitrogens is 2. The molecule has 3 heterocycles. The third-order valence-corrected chi connectivity index (χ3v) is 4.80. The fourth-order valence-corrected chi connectivity index (χ4v) is 3.13. The number of oxazole rings is 1.